The predicted octanol–water partition coefficient (Wildman–Crippen LogP) is 3.51. The summed E-state index contributed by atoms with van der Waals surface area (Å²) in [7, 11) is 0. The van der Waals surface area contributed by atoms with Crippen LogP contribution < -0.4 is 5.32 Å². The maximum atomic E-state index is 13.4. The molecule has 22 heavy (non-hydrogen) atoms. The van der Waals surface area contributed by atoms with Crippen molar-refractivity contribution in [2.24, 2.45) is 5.41 Å². The molecule has 0 aliphatic heterocycles. The van der Waals surface area contributed by atoms with Crippen LogP contribution in [0.15, 0.2) is 24.3 Å². The molecule has 0 amide bonds. The number of aliphatic hydroxyl groups is 1. The lowest BCUT2D eigenvalue weighted by Crippen LogP contribution is -2.46. The van der Waals surface area contributed by atoms with Crippen LogP contribution in [0.25, 0.3) is 0 Å². The minimum Gasteiger partial charge on any atom is -0.389 e. The van der Waals surface area contributed by atoms with E-state index in [9.17, 15) is 9.50 Å². The van der Waals surface area contributed by atoms with Crippen LogP contribution in [-0.2, 0) is 11.3 Å². The standard InChI is InChI=1S/C18H30FNO2/c1-17(2,3)13-18(4,5)20-10-15(21)12-22-11-14-8-6-7-9-16(14)19/h6-9,15,20-21H,10-13H2,1-5H3/t15-/m0/s1. The van der Waals surface area contributed by atoms with E-state index in [0.29, 0.717) is 12.1 Å². The largest absolute Gasteiger partial charge is 0.389 e. The number of β-amino-alcohol motifs (C(OH)–C–C–N with tert-alkyl or cyclic N) is 1. The number of aliphatic hydroxyl groups excluding tert-OH is 1. The van der Waals surface area contributed by atoms with E-state index in [-0.39, 0.29) is 30.0 Å². The Morgan fingerprint density at radius 3 is 2.41 bits per heavy atom. The molecule has 0 aliphatic carbocycles. The highest BCUT2D eigenvalue weighted by molar-refractivity contribution is 5.16. The summed E-state index contributed by atoms with van der Waals surface area (Å²) in [5.41, 5.74) is 0.684. The highest BCUT2D eigenvalue weighted by Crippen LogP contribution is 2.26. The Kier molecular flexibility index (Phi) is 6.98. The number of hydrogen-bond donors (Lipinski definition) is 2. The summed E-state index contributed by atoms with van der Waals surface area (Å²) in [6.07, 6.45) is 0.397. The minimum absolute atomic E-state index is 0.0508. The maximum Gasteiger partial charge on any atom is 0.128 e. The van der Waals surface area contributed by atoms with E-state index in [2.05, 4.69) is 39.9 Å². The second-order valence-electron chi connectivity index (χ2n) is 7.76. The van der Waals surface area contributed by atoms with Crippen molar-refractivity contribution in [2.45, 2.75) is 59.3 Å². The van der Waals surface area contributed by atoms with Gasteiger partial charge in [-0.1, -0.05) is 39.0 Å². The van der Waals surface area contributed by atoms with Gasteiger partial charge in [-0.15, -0.1) is 0 Å². The highest BCUT2D eigenvalue weighted by Gasteiger charge is 2.25. The summed E-state index contributed by atoms with van der Waals surface area (Å²) in [4.78, 5) is 0. The van der Waals surface area contributed by atoms with Gasteiger partial charge >= 0.3 is 0 Å². The quantitative estimate of drug-likeness (QED) is 0.772. The van der Waals surface area contributed by atoms with Gasteiger partial charge < -0.3 is 15.2 Å². The van der Waals surface area contributed by atoms with Gasteiger partial charge in [-0.25, -0.2) is 4.39 Å². The van der Waals surface area contributed by atoms with Crippen LogP contribution in [0.5, 0.6) is 0 Å². The molecule has 1 rings (SSSR count). The molecule has 0 fully saturated rings. The molecule has 1 atom stereocenters. The lowest BCUT2D eigenvalue weighted by atomic mass is 9.82. The van der Waals surface area contributed by atoms with Gasteiger partial charge in [0.1, 0.15) is 5.82 Å². The Morgan fingerprint density at radius 2 is 1.82 bits per heavy atom. The van der Waals surface area contributed by atoms with Gasteiger partial charge in [0.25, 0.3) is 0 Å². The number of rotatable bonds is 8. The van der Waals surface area contributed by atoms with Gasteiger partial charge in [0.15, 0.2) is 0 Å². The summed E-state index contributed by atoms with van der Waals surface area (Å²) in [5.74, 6) is -0.276. The topological polar surface area (TPSA) is 41.5 Å². The normalized spacial score (nSPS) is 14.1. The summed E-state index contributed by atoms with van der Waals surface area (Å²) in [6.45, 7) is 11.7. The van der Waals surface area contributed by atoms with Crippen molar-refractivity contribution in [2.75, 3.05) is 13.2 Å². The van der Waals surface area contributed by atoms with E-state index in [1.807, 2.05) is 0 Å². The number of nitrogens with one attached hydrogen (secondary N) is 1. The van der Waals surface area contributed by atoms with Crippen molar-refractivity contribution in [1.82, 2.24) is 5.32 Å². The van der Waals surface area contributed by atoms with Gasteiger partial charge in [-0.05, 0) is 31.7 Å². The van der Waals surface area contributed by atoms with Crippen LogP contribution in [0.4, 0.5) is 4.39 Å². The third-order valence-corrected chi connectivity index (χ3v) is 3.31. The van der Waals surface area contributed by atoms with Crippen LogP contribution >= 0.6 is 0 Å². The lowest BCUT2D eigenvalue weighted by Gasteiger charge is -2.34. The fourth-order valence-corrected chi connectivity index (χ4v) is 2.76. The molecule has 0 saturated carbocycles. The molecular weight excluding hydrogens is 281 g/mol. The van der Waals surface area contributed by atoms with Crippen molar-refractivity contribution in [3.8, 4) is 0 Å². The van der Waals surface area contributed by atoms with Crippen molar-refractivity contribution in [3.05, 3.63) is 35.6 Å². The molecule has 1 aromatic carbocycles. The molecule has 0 spiro atoms. The molecule has 4 heteroatoms. The summed E-state index contributed by atoms with van der Waals surface area (Å²) in [5, 5.41) is 13.3. The molecule has 1 aromatic rings. The van der Waals surface area contributed by atoms with Crippen LogP contribution in [-0.4, -0.2) is 29.9 Å². The molecular formula is C18H30FNO2. The van der Waals surface area contributed by atoms with E-state index in [0.717, 1.165) is 6.42 Å². The first-order valence-corrected chi connectivity index (χ1v) is 7.83. The number of hydrogen-bond acceptors (Lipinski definition) is 3. The number of ether oxygens (including phenoxy) is 1. The molecule has 0 saturated heterocycles. The van der Waals surface area contributed by atoms with Gasteiger partial charge in [0, 0.05) is 17.6 Å². The number of halogens is 1. The van der Waals surface area contributed by atoms with E-state index >= 15 is 0 Å². The monoisotopic (exact) mass is 311 g/mol. The zero-order chi connectivity index (χ0) is 16.8. The maximum absolute atomic E-state index is 13.4. The molecule has 0 heterocycles. The smallest absolute Gasteiger partial charge is 0.128 e. The van der Waals surface area contributed by atoms with Crippen molar-refractivity contribution >= 4 is 0 Å². The molecule has 2 N–H and O–H groups in total. The summed E-state index contributed by atoms with van der Waals surface area (Å²) >= 11 is 0. The van der Waals surface area contributed by atoms with E-state index in [1.54, 1.807) is 18.2 Å². The average Bonchev–Trinajstić information content (AvgIpc) is 2.36. The third kappa shape index (κ3) is 7.87. The molecule has 0 aromatic heterocycles. The van der Waals surface area contributed by atoms with Gasteiger partial charge in [-0.2, -0.15) is 0 Å². The van der Waals surface area contributed by atoms with Crippen LogP contribution in [0, 0.1) is 11.2 Å². The zero-order valence-corrected chi connectivity index (χ0v) is 14.4. The summed E-state index contributed by atoms with van der Waals surface area (Å²) < 4.78 is 18.8. The van der Waals surface area contributed by atoms with Crippen molar-refractivity contribution in [3.63, 3.8) is 0 Å². The fraction of sp³-hybridized carbons (Fsp3) is 0.667. The average molecular weight is 311 g/mol. The Hall–Kier alpha value is -0.970. The Bertz CT molecular complexity index is 455. The van der Waals surface area contributed by atoms with Gasteiger partial charge in [-0.3, -0.25) is 0 Å². The van der Waals surface area contributed by atoms with Crippen LogP contribution in [0.2, 0.25) is 0 Å². The molecule has 126 valence electrons. The van der Waals surface area contributed by atoms with Crippen molar-refractivity contribution < 1.29 is 14.2 Å². The van der Waals surface area contributed by atoms with Crippen LogP contribution in [0.3, 0.4) is 0 Å². The number of benzene rings is 1. The SMILES string of the molecule is CC(C)(C)CC(C)(C)NC[C@H](O)COCc1ccccc1F. The highest BCUT2D eigenvalue weighted by atomic mass is 19.1. The molecule has 0 radical (unpaired) electrons. The lowest BCUT2D eigenvalue weighted by molar-refractivity contribution is 0.0235. The first kappa shape index (κ1) is 19.1. The second-order valence-corrected chi connectivity index (χ2v) is 7.76. The Morgan fingerprint density at radius 1 is 1.18 bits per heavy atom. The van der Waals surface area contributed by atoms with E-state index in [4.69, 9.17) is 4.74 Å². The molecule has 3 nitrogen and oxygen atoms in total. The predicted molar refractivity (Wildman–Crippen MR) is 88.2 cm³/mol. The Balaban J connectivity index is 2.29. The first-order valence-electron chi connectivity index (χ1n) is 7.83. The van der Waals surface area contributed by atoms with Crippen molar-refractivity contribution in [1.29, 1.82) is 0 Å². The van der Waals surface area contributed by atoms with Gasteiger partial charge in [0.05, 0.1) is 19.3 Å². The minimum atomic E-state index is -0.606. The first-order chi connectivity index (χ1) is 10.1. The van der Waals surface area contributed by atoms with E-state index in [1.165, 1.54) is 6.07 Å². The summed E-state index contributed by atoms with van der Waals surface area (Å²) in [6, 6.07) is 6.52. The third-order valence-electron chi connectivity index (χ3n) is 3.31. The molecule has 0 aliphatic rings. The zero-order valence-electron chi connectivity index (χ0n) is 14.4. The second kappa shape index (κ2) is 8.04. The van der Waals surface area contributed by atoms with Crippen LogP contribution in [0.1, 0.15) is 46.6 Å². The van der Waals surface area contributed by atoms with E-state index < -0.39 is 6.10 Å². The van der Waals surface area contributed by atoms with Gasteiger partial charge in [0.2, 0.25) is 0 Å². The molecule has 0 bridgehead atoms. The fourth-order valence-electron chi connectivity index (χ4n) is 2.76. The Labute approximate surface area is 133 Å². The molecule has 0 unspecified atom stereocenters.